The standard InChI is InChI=1S/C13H12N4O2/c1-18-10-5-9(6-11(7-10)19-2)16-12-3-4-15-13(8-14)17-12/h3-7H,1-2H3,(H,15,16,17). The van der Waals surface area contributed by atoms with E-state index in [2.05, 4.69) is 15.3 Å². The average Bonchev–Trinajstić information content (AvgIpc) is 2.47. The third-order valence-corrected chi connectivity index (χ3v) is 2.38. The van der Waals surface area contributed by atoms with Gasteiger partial charge in [-0.05, 0) is 6.07 Å². The smallest absolute Gasteiger partial charge is 0.234 e. The van der Waals surface area contributed by atoms with Gasteiger partial charge >= 0.3 is 0 Å². The maximum atomic E-state index is 8.75. The number of ether oxygens (including phenoxy) is 2. The van der Waals surface area contributed by atoms with E-state index in [4.69, 9.17) is 14.7 Å². The lowest BCUT2D eigenvalue weighted by atomic mass is 10.2. The Morgan fingerprint density at radius 2 is 1.84 bits per heavy atom. The zero-order chi connectivity index (χ0) is 13.7. The minimum atomic E-state index is 0.111. The third kappa shape index (κ3) is 3.10. The highest BCUT2D eigenvalue weighted by Gasteiger charge is 2.04. The Kier molecular flexibility index (Phi) is 3.78. The summed E-state index contributed by atoms with van der Waals surface area (Å²) >= 11 is 0. The van der Waals surface area contributed by atoms with Crippen molar-refractivity contribution in [3.8, 4) is 17.6 Å². The lowest BCUT2D eigenvalue weighted by Gasteiger charge is -2.10. The van der Waals surface area contributed by atoms with Crippen molar-refractivity contribution in [2.24, 2.45) is 0 Å². The molecule has 1 aromatic carbocycles. The summed E-state index contributed by atoms with van der Waals surface area (Å²) in [5.41, 5.74) is 0.749. The number of rotatable bonds is 4. The molecule has 6 nitrogen and oxygen atoms in total. The molecule has 2 rings (SSSR count). The molecule has 0 amide bonds. The molecular formula is C13H12N4O2. The molecule has 0 saturated heterocycles. The molecule has 1 aromatic heterocycles. The first-order valence-corrected chi connectivity index (χ1v) is 5.48. The van der Waals surface area contributed by atoms with Crippen molar-refractivity contribution in [2.45, 2.75) is 0 Å². The summed E-state index contributed by atoms with van der Waals surface area (Å²) < 4.78 is 10.3. The first-order valence-electron chi connectivity index (χ1n) is 5.48. The number of nitrogens with zero attached hydrogens (tertiary/aromatic N) is 3. The molecule has 2 aromatic rings. The molecule has 96 valence electrons. The summed E-state index contributed by atoms with van der Waals surface area (Å²) in [5.74, 6) is 1.97. The number of anilines is 2. The van der Waals surface area contributed by atoms with E-state index in [9.17, 15) is 0 Å². The summed E-state index contributed by atoms with van der Waals surface area (Å²) in [6.45, 7) is 0. The highest BCUT2D eigenvalue weighted by Crippen LogP contribution is 2.27. The molecule has 0 bridgehead atoms. The zero-order valence-corrected chi connectivity index (χ0v) is 10.5. The van der Waals surface area contributed by atoms with Crippen molar-refractivity contribution in [1.29, 1.82) is 5.26 Å². The van der Waals surface area contributed by atoms with E-state index in [1.54, 1.807) is 38.5 Å². The Balaban J connectivity index is 2.29. The van der Waals surface area contributed by atoms with Crippen LogP contribution >= 0.6 is 0 Å². The maximum Gasteiger partial charge on any atom is 0.234 e. The van der Waals surface area contributed by atoms with Crippen LogP contribution < -0.4 is 14.8 Å². The molecule has 0 atom stereocenters. The van der Waals surface area contributed by atoms with Crippen LogP contribution in [-0.2, 0) is 0 Å². The lowest BCUT2D eigenvalue weighted by Crippen LogP contribution is -1.98. The van der Waals surface area contributed by atoms with Crippen LogP contribution in [0.3, 0.4) is 0 Å². The van der Waals surface area contributed by atoms with Gasteiger partial charge in [-0.2, -0.15) is 5.26 Å². The Labute approximate surface area is 110 Å². The van der Waals surface area contributed by atoms with E-state index in [0.29, 0.717) is 17.3 Å². The van der Waals surface area contributed by atoms with Crippen LogP contribution in [-0.4, -0.2) is 24.2 Å². The second-order valence-corrected chi connectivity index (χ2v) is 3.60. The molecular weight excluding hydrogens is 244 g/mol. The Morgan fingerprint density at radius 3 is 2.42 bits per heavy atom. The van der Waals surface area contributed by atoms with Gasteiger partial charge in [-0.3, -0.25) is 0 Å². The SMILES string of the molecule is COc1cc(Nc2ccnc(C#N)n2)cc(OC)c1. The Bertz CT molecular complexity index is 600. The van der Waals surface area contributed by atoms with E-state index >= 15 is 0 Å². The fourth-order valence-electron chi connectivity index (χ4n) is 1.51. The number of nitrogens with one attached hydrogen (secondary N) is 1. The monoisotopic (exact) mass is 256 g/mol. The summed E-state index contributed by atoms with van der Waals surface area (Å²) in [6.07, 6.45) is 1.52. The van der Waals surface area contributed by atoms with Crippen molar-refractivity contribution >= 4 is 11.5 Å². The second-order valence-electron chi connectivity index (χ2n) is 3.60. The van der Waals surface area contributed by atoms with Crippen LogP contribution in [0.15, 0.2) is 30.5 Å². The number of benzene rings is 1. The van der Waals surface area contributed by atoms with Gasteiger partial charge in [0.05, 0.1) is 14.2 Å². The molecule has 0 radical (unpaired) electrons. The van der Waals surface area contributed by atoms with Gasteiger partial charge in [0.25, 0.3) is 0 Å². The summed E-state index contributed by atoms with van der Waals surface area (Å²) in [7, 11) is 3.16. The van der Waals surface area contributed by atoms with E-state index in [-0.39, 0.29) is 5.82 Å². The summed E-state index contributed by atoms with van der Waals surface area (Å²) in [5, 5.41) is 11.8. The van der Waals surface area contributed by atoms with Crippen molar-refractivity contribution in [1.82, 2.24) is 9.97 Å². The van der Waals surface area contributed by atoms with Gasteiger partial charge in [0.15, 0.2) is 0 Å². The molecule has 19 heavy (non-hydrogen) atoms. The molecule has 0 saturated carbocycles. The van der Waals surface area contributed by atoms with Gasteiger partial charge in [0.1, 0.15) is 23.4 Å². The number of hydrogen-bond acceptors (Lipinski definition) is 6. The molecule has 0 unspecified atom stereocenters. The number of aromatic nitrogens is 2. The predicted octanol–water partition coefficient (Wildman–Crippen LogP) is 2.11. The third-order valence-electron chi connectivity index (χ3n) is 2.38. The lowest BCUT2D eigenvalue weighted by molar-refractivity contribution is 0.395. The number of hydrogen-bond donors (Lipinski definition) is 1. The largest absolute Gasteiger partial charge is 0.497 e. The fraction of sp³-hybridized carbons (Fsp3) is 0.154. The number of nitriles is 1. The normalized spacial score (nSPS) is 9.53. The van der Waals surface area contributed by atoms with E-state index in [0.717, 1.165) is 5.69 Å². The van der Waals surface area contributed by atoms with Gasteiger partial charge < -0.3 is 14.8 Å². The highest BCUT2D eigenvalue weighted by molar-refractivity contribution is 5.61. The van der Waals surface area contributed by atoms with Gasteiger partial charge in [0.2, 0.25) is 5.82 Å². The molecule has 0 aliphatic heterocycles. The van der Waals surface area contributed by atoms with E-state index in [1.165, 1.54) is 6.20 Å². The van der Waals surface area contributed by atoms with Crippen LogP contribution in [0.2, 0.25) is 0 Å². The molecule has 0 fully saturated rings. The van der Waals surface area contributed by atoms with Crippen LogP contribution in [0.1, 0.15) is 5.82 Å². The summed E-state index contributed by atoms with van der Waals surface area (Å²) in [4.78, 5) is 7.84. The van der Waals surface area contributed by atoms with Gasteiger partial charge in [-0.25, -0.2) is 9.97 Å². The molecule has 1 N–H and O–H groups in total. The van der Waals surface area contributed by atoms with Crippen molar-refractivity contribution in [2.75, 3.05) is 19.5 Å². The fourth-order valence-corrected chi connectivity index (χ4v) is 1.51. The topological polar surface area (TPSA) is 80.1 Å². The Hall–Kier alpha value is -2.81. The quantitative estimate of drug-likeness (QED) is 0.902. The predicted molar refractivity (Wildman–Crippen MR) is 69.6 cm³/mol. The van der Waals surface area contributed by atoms with Gasteiger partial charge in [0, 0.05) is 30.1 Å². The van der Waals surface area contributed by atoms with E-state index < -0.39 is 0 Å². The molecule has 0 aliphatic rings. The molecule has 0 aliphatic carbocycles. The Morgan fingerprint density at radius 1 is 1.16 bits per heavy atom. The van der Waals surface area contributed by atoms with Crippen molar-refractivity contribution in [3.63, 3.8) is 0 Å². The first-order chi connectivity index (χ1) is 9.25. The van der Waals surface area contributed by atoms with Crippen molar-refractivity contribution in [3.05, 3.63) is 36.3 Å². The van der Waals surface area contributed by atoms with Crippen molar-refractivity contribution < 1.29 is 9.47 Å². The highest BCUT2D eigenvalue weighted by atomic mass is 16.5. The molecule has 6 heteroatoms. The van der Waals surface area contributed by atoms with Crippen LogP contribution in [0.4, 0.5) is 11.5 Å². The minimum Gasteiger partial charge on any atom is -0.497 e. The molecule has 1 heterocycles. The maximum absolute atomic E-state index is 8.75. The second kappa shape index (κ2) is 5.69. The minimum absolute atomic E-state index is 0.111. The zero-order valence-electron chi connectivity index (χ0n) is 10.5. The summed E-state index contributed by atoms with van der Waals surface area (Å²) in [6, 6.07) is 8.93. The van der Waals surface area contributed by atoms with E-state index in [1.807, 2.05) is 6.07 Å². The average molecular weight is 256 g/mol. The van der Waals surface area contributed by atoms with Crippen LogP contribution in [0, 0.1) is 11.3 Å². The van der Waals surface area contributed by atoms with Gasteiger partial charge in [-0.1, -0.05) is 0 Å². The van der Waals surface area contributed by atoms with Crippen LogP contribution in [0.25, 0.3) is 0 Å². The van der Waals surface area contributed by atoms with Crippen LogP contribution in [0.5, 0.6) is 11.5 Å². The number of methoxy groups -OCH3 is 2. The van der Waals surface area contributed by atoms with Gasteiger partial charge in [-0.15, -0.1) is 0 Å². The first kappa shape index (κ1) is 12.6. The molecule has 0 spiro atoms.